The number of morpholine rings is 1. The minimum absolute atomic E-state index is 0.0336. The first-order chi connectivity index (χ1) is 14.1. The van der Waals surface area contributed by atoms with Gasteiger partial charge in [-0.05, 0) is 43.3 Å². The van der Waals surface area contributed by atoms with E-state index in [1.54, 1.807) is 31.3 Å². The van der Waals surface area contributed by atoms with Crippen LogP contribution in [0.25, 0.3) is 11.3 Å². The molecule has 2 aromatic heterocycles. The SMILES string of the molecule is CC(=O)c1ccc(Nc2cc(-c3ccc(N)nc3)nc(N3CCOCC3)n2)cc1. The molecule has 0 spiro atoms. The average molecular weight is 390 g/mol. The van der Waals surface area contributed by atoms with Crippen molar-refractivity contribution in [3.05, 3.63) is 54.2 Å². The first kappa shape index (κ1) is 18.8. The van der Waals surface area contributed by atoms with E-state index in [4.69, 9.17) is 15.5 Å². The van der Waals surface area contributed by atoms with Crippen LogP contribution in [-0.4, -0.2) is 47.0 Å². The maximum absolute atomic E-state index is 11.5. The summed E-state index contributed by atoms with van der Waals surface area (Å²) in [5, 5.41) is 3.31. The summed E-state index contributed by atoms with van der Waals surface area (Å²) in [5.41, 5.74) is 8.82. The number of benzene rings is 1. The van der Waals surface area contributed by atoms with Gasteiger partial charge in [-0.15, -0.1) is 0 Å². The lowest BCUT2D eigenvalue weighted by atomic mass is 10.1. The molecule has 148 valence electrons. The number of pyridine rings is 1. The number of nitrogens with two attached hydrogens (primary N) is 1. The molecule has 0 unspecified atom stereocenters. The van der Waals surface area contributed by atoms with Gasteiger partial charge in [0.25, 0.3) is 0 Å². The second-order valence-electron chi connectivity index (χ2n) is 6.77. The van der Waals surface area contributed by atoms with Crippen molar-refractivity contribution < 1.29 is 9.53 Å². The van der Waals surface area contributed by atoms with Crippen molar-refractivity contribution in [1.82, 2.24) is 15.0 Å². The summed E-state index contributed by atoms with van der Waals surface area (Å²) in [5.74, 6) is 1.78. The zero-order chi connectivity index (χ0) is 20.2. The van der Waals surface area contributed by atoms with Crippen LogP contribution < -0.4 is 16.0 Å². The highest BCUT2D eigenvalue weighted by atomic mass is 16.5. The first-order valence-electron chi connectivity index (χ1n) is 9.40. The molecule has 0 atom stereocenters. The van der Waals surface area contributed by atoms with Gasteiger partial charge in [-0.1, -0.05) is 0 Å². The number of rotatable bonds is 5. The van der Waals surface area contributed by atoms with Gasteiger partial charge in [-0.25, -0.2) is 9.97 Å². The minimum atomic E-state index is 0.0336. The van der Waals surface area contributed by atoms with Crippen LogP contribution in [0.4, 0.5) is 23.3 Å². The third-order valence-electron chi connectivity index (χ3n) is 4.65. The molecule has 0 bridgehead atoms. The van der Waals surface area contributed by atoms with Crippen molar-refractivity contribution in [2.75, 3.05) is 42.3 Å². The smallest absolute Gasteiger partial charge is 0.228 e. The lowest BCUT2D eigenvalue weighted by Gasteiger charge is -2.27. The quantitative estimate of drug-likeness (QED) is 0.641. The minimum Gasteiger partial charge on any atom is -0.384 e. The molecule has 0 aliphatic carbocycles. The second-order valence-corrected chi connectivity index (χ2v) is 6.77. The van der Waals surface area contributed by atoms with Crippen molar-refractivity contribution in [2.45, 2.75) is 6.92 Å². The highest BCUT2D eigenvalue weighted by Gasteiger charge is 2.16. The predicted octanol–water partition coefficient (Wildman–Crippen LogP) is 2.90. The number of nitrogen functional groups attached to an aromatic ring is 1. The van der Waals surface area contributed by atoms with Gasteiger partial charge < -0.3 is 20.7 Å². The second kappa shape index (κ2) is 8.24. The maximum Gasteiger partial charge on any atom is 0.228 e. The Bertz CT molecular complexity index is 999. The monoisotopic (exact) mass is 390 g/mol. The summed E-state index contributed by atoms with van der Waals surface area (Å²) >= 11 is 0. The maximum atomic E-state index is 11.5. The third kappa shape index (κ3) is 4.49. The number of nitrogens with one attached hydrogen (secondary N) is 1. The molecule has 0 amide bonds. The van der Waals surface area contributed by atoms with Crippen molar-refractivity contribution in [1.29, 1.82) is 0 Å². The van der Waals surface area contributed by atoms with Crippen LogP contribution in [0.1, 0.15) is 17.3 Å². The van der Waals surface area contributed by atoms with Crippen molar-refractivity contribution >= 4 is 29.1 Å². The van der Waals surface area contributed by atoms with E-state index < -0.39 is 0 Å². The number of carbonyl (C=O) groups is 1. The molecule has 8 heteroatoms. The largest absolute Gasteiger partial charge is 0.384 e. The molecule has 3 heterocycles. The van der Waals surface area contributed by atoms with Crippen molar-refractivity contribution in [2.24, 2.45) is 0 Å². The molecule has 1 aliphatic rings. The van der Waals surface area contributed by atoms with Crippen LogP contribution >= 0.6 is 0 Å². The molecule has 4 rings (SSSR count). The highest BCUT2D eigenvalue weighted by molar-refractivity contribution is 5.94. The van der Waals surface area contributed by atoms with E-state index in [1.807, 2.05) is 24.3 Å². The summed E-state index contributed by atoms with van der Waals surface area (Å²) in [7, 11) is 0. The molecule has 1 aliphatic heterocycles. The first-order valence-corrected chi connectivity index (χ1v) is 9.40. The van der Waals surface area contributed by atoms with E-state index in [9.17, 15) is 4.79 Å². The molecule has 0 radical (unpaired) electrons. The van der Waals surface area contributed by atoms with Crippen LogP contribution in [0.3, 0.4) is 0 Å². The predicted molar refractivity (Wildman–Crippen MR) is 112 cm³/mol. The Labute approximate surface area is 168 Å². The van der Waals surface area contributed by atoms with Gasteiger partial charge in [0.05, 0.1) is 18.9 Å². The van der Waals surface area contributed by atoms with E-state index in [-0.39, 0.29) is 5.78 Å². The van der Waals surface area contributed by atoms with Gasteiger partial charge in [0.15, 0.2) is 5.78 Å². The van der Waals surface area contributed by atoms with Crippen molar-refractivity contribution in [3.63, 3.8) is 0 Å². The van der Waals surface area contributed by atoms with Gasteiger partial charge in [-0.3, -0.25) is 4.79 Å². The summed E-state index contributed by atoms with van der Waals surface area (Å²) < 4.78 is 5.44. The molecular weight excluding hydrogens is 368 g/mol. The summed E-state index contributed by atoms with van der Waals surface area (Å²) in [6.45, 7) is 4.30. The Balaban J connectivity index is 1.68. The summed E-state index contributed by atoms with van der Waals surface area (Å²) in [4.78, 5) is 27.2. The molecular formula is C21H22N6O2. The van der Waals surface area contributed by atoms with Crippen LogP contribution in [0.5, 0.6) is 0 Å². The van der Waals surface area contributed by atoms with E-state index in [2.05, 4.69) is 20.2 Å². The molecule has 1 aromatic carbocycles. The number of nitrogens with zero attached hydrogens (tertiary/aromatic N) is 4. The Morgan fingerprint density at radius 2 is 1.86 bits per heavy atom. The molecule has 1 saturated heterocycles. The molecule has 3 N–H and O–H groups in total. The normalized spacial score (nSPS) is 13.9. The van der Waals surface area contributed by atoms with Gasteiger partial charge in [0, 0.05) is 42.2 Å². The Morgan fingerprint density at radius 3 is 2.52 bits per heavy atom. The number of Topliss-reactive ketones (excluding diaryl/α,β-unsaturated/α-hetero) is 1. The van der Waals surface area contributed by atoms with E-state index in [0.717, 1.165) is 30.0 Å². The molecule has 8 nitrogen and oxygen atoms in total. The van der Waals surface area contributed by atoms with Gasteiger partial charge in [0.2, 0.25) is 5.95 Å². The fraction of sp³-hybridized carbons (Fsp3) is 0.238. The van der Waals surface area contributed by atoms with Crippen LogP contribution in [0, 0.1) is 0 Å². The fourth-order valence-corrected chi connectivity index (χ4v) is 3.04. The van der Waals surface area contributed by atoms with E-state index >= 15 is 0 Å². The molecule has 29 heavy (non-hydrogen) atoms. The van der Waals surface area contributed by atoms with Gasteiger partial charge in [-0.2, -0.15) is 4.98 Å². The molecule has 3 aromatic rings. The number of aromatic nitrogens is 3. The Kier molecular flexibility index (Phi) is 5.35. The van der Waals surface area contributed by atoms with Crippen LogP contribution in [-0.2, 0) is 4.74 Å². The fourth-order valence-electron chi connectivity index (χ4n) is 3.04. The lowest BCUT2D eigenvalue weighted by molar-refractivity contribution is 0.101. The van der Waals surface area contributed by atoms with Crippen molar-refractivity contribution in [3.8, 4) is 11.3 Å². The van der Waals surface area contributed by atoms with E-state index in [0.29, 0.717) is 36.4 Å². The van der Waals surface area contributed by atoms with E-state index in [1.165, 1.54) is 0 Å². The number of hydrogen-bond donors (Lipinski definition) is 2. The number of ether oxygens (including phenoxy) is 1. The number of carbonyl (C=O) groups excluding carboxylic acids is 1. The zero-order valence-electron chi connectivity index (χ0n) is 16.1. The molecule has 0 saturated carbocycles. The van der Waals surface area contributed by atoms with Gasteiger partial charge in [0.1, 0.15) is 11.6 Å². The lowest BCUT2D eigenvalue weighted by Crippen LogP contribution is -2.37. The number of ketones is 1. The number of hydrogen-bond acceptors (Lipinski definition) is 8. The Morgan fingerprint density at radius 1 is 1.10 bits per heavy atom. The van der Waals surface area contributed by atoms with Crippen LogP contribution in [0.15, 0.2) is 48.7 Å². The third-order valence-corrected chi connectivity index (χ3v) is 4.65. The average Bonchev–Trinajstić information content (AvgIpc) is 2.75. The zero-order valence-corrected chi connectivity index (χ0v) is 16.1. The highest BCUT2D eigenvalue weighted by Crippen LogP contribution is 2.25. The van der Waals surface area contributed by atoms with Gasteiger partial charge >= 0.3 is 0 Å². The summed E-state index contributed by atoms with van der Waals surface area (Å²) in [6.07, 6.45) is 1.70. The number of anilines is 4. The topological polar surface area (TPSA) is 106 Å². The van der Waals surface area contributed by atoms with Crippen LogP contribution in [0.2, 0.25) is 0 Å². The molecule has 1 fully saturated rings. The Hall–Kier alpha value is -3.52. The standard InChI is InChI=1S/C21H22N6O2/c1-14(28)15-2-5-17(6-3-15)24-20-12-18(16-4-7-19(22)23-13-16)25-21(26-20)27-8-10-29-11-9-27/h2-7,12-13H,8-11H2,1H3,(H2,22,23)(H,24,25,26). The summed E-state index contributed by atoms with van der Waals surface area (Å²) in [6, 6.07) is 12.8.